The summed E-state index contributed by atoms with van der Waals surface area (Å²) in [7, 11) is 0. The maximum Gasteiger partial charge on any atom is 0.0597 e. The summed E-state index contributed by atoms with van der Waals surface area (Å²) >= 11 is 0. The molecular formula is C12H26N2O. The molecule has 2 N–H and O–H groups in total. The Balaban J connectivity index is 2.29. The van der Waals surface area contributed by atoms with Crippen LogP contribution in [0.1, 0.15) is 39.5 Å². The summed E-state index contributed by atoms with van der Waals surface area (Å²) in [5.41, 5.74) is 0. The molecule has 3 nitrogen and oxygen atoms in total. The first-order valence-corrected chi connectivity index (χ1v) is 6.36. The molecule has 0 saturated carbocycles. The summed E-state index contributed by atoms with van der Waals surface area (Å²) in [5, 5.41) is 12.7. The summed E-state index contributed by atoms with van der Waals surface area (Å²) in [5.74, 6) is 0. The number of nitrogens with zero attached hydrogens (tertiary/aromatic N) is 1. The lowest BCUT2D eigenvalue weighted by Crippen LogP contribution is -2.48. The van der Waals surface area contributed by atoms with Gasteiger partial charge in [-0.15, -0.1) is 0 Å². The van der Waals surface area contributed by atoms with Crippen molar-refractivity contribution in [2.45, 2.75) is 51.6 Å². The van der Waals surface area contributed by atoms with Gasteiger partial charge in [0.2, 0.25) is 0 Å². The van der Waals surface area contributed by atoms with E-state index in [1.807, 2.05) is 0 Å². The molecule has 1 fully saturated rings. The van der Waals surface area contributed by atoms with Crippen molar-refractivity contribution in [1.82, 2.24) is 10.2 Å². The molecule has 2 unspecified atom stereocenters. The molecule has 0 aromatic rings. The van der Waals surface area contributed by atoms with Crippen LogP contribution in [0.4, 0.5) is 0 Å². The third kappa shape index (κ3) is 4.49. The Morgan fingerprint density at radius 3 is 2.87 bits per heavy atom. The molecule has 0 aromatic carbocycles. The zero-order chi connectivity index (χ0) is 11.1. The molecule has 0 spiro atoms. The lowest BCUT2D eigenvalue weighted by Gasteiger charge is -2.35. The highest BCUT2D eigenvalue weighted by Gasteiger charge is 2.20. The lowest BCUT2D eigenvalue weighted by molar-refractivity contribution is 0.122. The third-order valence-electron chi connectivity index (χ3n) is 3.30. The molecule has 90 valence electrons. The van der Waals surface area contributed by atoms with Crippen LogP contribution in [0.25, 0.3) is 0 Å². The van der Waals surface area contributed by atoms with Crippen LogP contribution in [0.5, 0.6) is 0 Å². The van der Waals surface area contributed by atoms with E-state index in [0.717, 1.165) is 19.5 Å². The summed E-state index contributed by atoms with van der Waals surface area (Å²) in [6.07, 6.45) is 5.12. The second kappa shape index (κ2) is 7.20. The first-order valence-electron chi connectivity index (χ1n) is 6.36. The van der Waals surface area contributed by atoms with Crippen molar-refractivity contribution in [3.05, 3.63) is 0 Å². The number of rotatable bonds is 6. The van der Waals surface area contributed by atoms with Gasteiger partial charge >= 0.3 is 0 Å². The number of hydrogen-bond donors (Lipinski definition) is 2. The maximum absolute atomic E-state index is 9.28. The molecule has 0 radical (unpaired) electrons. The average molecular weight is 214 g/mol. The van der Waals surface area contributed by atoms with Gasteiger partial charge in [0.25, 0.3) is 0 Å². The molecule has 1 rings (SSSR count). The number of aliphatic hydroxyl groups excluding tert-OH is 1. The minimum atomic E-state index is 0.253. The van der Waals surface area contributed by atoms with Crippen LogP contribution < -0.4 is 5.32 Å². The lowest BCUT2D eigenvalue weighted by atomic mass is 10.0. The van der Waals surface area contributed by atoms with E-state index in [-0.39, 0.29) is 12.6 Å². The van der Waals surface area contributed by atoms with Crippen molar-refractivity contribution in [2.24, 2.45) is 0 Å². The van der Waals surface area contributed by atoms with Gasteiger partial charge in [0.1, 0.15) is 0 Å². The van der Waals surface area contributed by atoms with E-state index in [0.29, 0.717) is 6.04 Å². The topological polar surface area (TPSA) is 35.5 Å². The average Bonchev–Trinajstić information content (AvgIpc) is 2.26. The second-order valence-corrected chi connectivity index (χ2v) is 4.67. The van der Waals surface area contributed by atoms with Gasteiger partial charge < -0.3 is 10.4 Å². The van der Waals surface area contributed by atoms with Crippen molar-refractivity contribution in [3.63, 3.8) is 0 Å². The van der Waals surface area contributed by atoms with Crippen LogP contribution in [0, 0.1) is 0 Å². The van der Waals surface area contributed by atoms with E-state index in [1.54, 1.807) is 0 Å². The highest BCUT2D eigenvalue weighted by Crippen LogP contribution is 2.16. The number of nitrogens with one attached hydrogen (secondary N) is 1. The van der Waals surface area contributed by atoms with Gasteiger partial charge in [-0.1, -0.05) is 13.3 Å². The molecule has 1 saturated heterocycles. The van der Waals surface area contributed by atoms with E-state index in [4.69, 9.17) is 0 Å². The van der Waals surface area contributed by atoms with Gasteiger partial charge in [-0.05, 0) is 39.3 Å². The molecule has 1 aliphatic heterocycles. The van der Waals surface area contributed by atoms with Crippen molar-refractivity contribution in [2.75, 3.05) is 26.2 Å². The smallest absolute Gasteiger partial charge is 0.0597 e. The van der Waals surface area contributed by atoms with Gasteiger partial charge in [0.05, 0.1) is 6.61 Å². The highest BCUT2D eigenvalue weighted by atomic mass is 16.3. The van der Waals surface area contributed by atoms with E-state index < -0.39 is 0 Å². The van der Waals surface area contributed by atoms with Gasteiger partial charge in [-0.2, -0.15) is 0 Å². The van der Waals surface area contributed by atoms with E-state index >= 15 is 0 Å². The van der Waals surface area contributed by atoms with Crippen molar-refractivity contribution in [1.29, 1.82) is 0 Å². The van der Waals surface area contributed by atoms with Gasteiger partial charge in [0, 0.05) is 18.6 Å². The van der Waals surface area contributed by atoms with Gasteiger partial charge in [-0.3, -0.25) is 4.90 Å². The fourth-order valence-corrected chi connectivity index (χ4v) is 2.25. The molecule has 1 heterocycles. The minimum absolute atomic E-state index is 0.253. The summed E-state index contributed by atoms with van der Waals surface area (Å²) < 4.78 is 0. The largest absolute Gasteiger partial charge is 0.395 e. The molecule has 0 amide bonds. The van der Waals surface area contributed by atoms with E-state index in [2.05, 4.69) is 24.1 Å². The van der Waals surface area contributed by atoms with E-state index in [9.17, 15) is 5.11 Å². The zero-order valence-electron chi connectivity index (χ0n) is 10.2. The van der Waals surface area contributed by atoms with Crippen LogP contribution in [0.15, 0.2) is 0 Å². The molecule has 0 aromatic heterocycles. The number of likely N-dealkylation sites (tertiary alicyclic amines) is 1. The van der Waals surface area contributed by atoms with Crippen molar-refractivity contribution in [3.8, 4) is 0 Å². The molecule has 2 atom stereocenters. The standard InChI is InChI=1S/C12H26N2O/c1-3-7-13-12(10-15)9-14-8-5-4-6-11(14)2/h11-13,15H,3-10H2,1-2H3. The molecule has 0 bridgehead atoms. The third-order valence-corrected chi connectivity index (χ3v) is 3.30. The van der Waals surface area contributed by atoms with Crippen LogP contribution in [-0.2, 0) is 0 Å². The molecular weight excluding hydrogens is 188 g/mol. The predicted octanol–water partition coefficient (Wildman–Crippen LogP) is 1.22. The maximum atomic E-state index is 9.28. The fraction of sp³-hybridized carbons (Fsp3) is 1.00. The monoisotopic (exact) mass is 214 g/mol. The SMILES string of the molecule is CCCNC(CO)CN1CCCCC1C. The van der Waals surface area contributed by atoms with Crippen LogP contribution in [0.2, 0.25) is 0 Å². The Morgan fingerprint density at radius 2 is 2.27 bits per heavy atom. The van der Waals surface area contributed by atoms with Crippen molar-refractivity contribution < 1.29 is 5.11 Å². The quantitative estimate of drug-likeness (QED) is 0.698. The molecule has 1 aliphatic rings. The second-order valence-electron chi connectivity index (χ2n) is 4.67. The normalized spacial score (nSPS) is 25.4. The van der Waals surface area contributed by atoms with Crippen molar-refractivity contribution >= 4 is 0 Å². The molecule has 15 heavy (non-hydrogen) atoms. The summed E-state index contributed by atoms with van der Waals surface area (Å²) in [4.78, 5) is 2.51. The summed E-state index contributed by atoms with van der Waals surface area (Å²) in [6.45, 7) is 7.91. The van der Waals surface area contributed by atoms with E-state index in [1.165, 1.54) is 25.8 Å². The van der Waals surface area contributed by atoms with Gasteiger partial charge in [0.15, 0.2) is 0 Å². The van der Waals surface area contributed by atoms with Crippen LogP contribution in [-0.4, -0.2) is 48.3 Å². The zero-order valence-corrected chi connectivity index (χ0v) is 10.2. The van der Waals surface area contributed by atoms with Crippen LogP contribution >= 0.6 is 0 Å². The molecule has 0 aliphatic carbocycles. The molecule has 3 heteroatoms. The first-order chi connectivity index (χ1) is 7.27. The Kier molecular flexibility index (Phi) is 6.22. The highest BCUT2D eigenvalue weighted by molar-refractivity contribution is 4.78. The minimum Gasteiger partial charge on any atom is -0.395 e. The Bertz CT molecular complexity index is 164. The number of piperidine rings is 1. The Morgan fingerprint density at radius 1 is 1.47 bits per heavy atom. The van der Waals surface area contributed by atoms with Crippen LogP contribution in [0.3, 0.4) is 0 Å². The van der Waals surface area contributed by atoms with Gasteiger partial charge in [-0.25, -0.2) is 0 Å². The Hall–Kier alpha value is -0.120. The number of aliphatic hydroxyl groups is 1. The predicted molar refractivity (Wildman–Crippen MR) is 64.1 cm³/mol. The summed E-state index contributed by atoms with van der Waals surface area (Å²) in [6, 6.07) is 0.946. The fourth-order valence-electron chi connectivity index (χ4n) is 2.25. The Labute approximate surface area is 93.9 Å². The number of hydrogen-bond acceptors (Lipinski definition) is 3. The first kappa shape index (κ1) is 12.9.